The second-order valence-corrected chi connectivity index (χ2v) is 7.16. The summed E-state index contributed by atoms with van der Waals surface area (Å²) in [6, 6.07) is 7.51. The van der Waals surface area contributed by atoms with Crippen molar-refractivity contribution in [2.24, 2.45) is 0 Å². The van der Waals surface area contributed by atoms with Crippen molar-refractivity contribution in [3.8, 4) is 0 Å². The van der Waals surface area contributed by atoms with Crippen molar-refractivity contribution >= 4 is 16.9 Å². The highest BCUT2D eigenvalue weighted by Gasteiger charge is 2.47. The van der Waals surface area contributed by atoms with Gasteiger partial charge in [0.25, 0.3) is 0 Å². The lowest BCUT2D eigenvalue weighted by Crippen LogP contribution is -2.35. The lowest BCUT2D eigenvalue weighted by molar-refractivity contribution is -0.0848. The van der Waals surface area contributed by atoms with E-state index in [2.05, 4.69) is 9.97 Å². The van der Waals surface area contributed by atoms with E-state index in [4.69, 9.17) is 10.5 Å². The second-order valence-electron chi connectivity index (χ2n) is 7.16. The number of nitrogens with two attached hydrogens (primary N) is 1. The molecule has 27 heavy (non-hydrogen) atoms. The van der Waals surface area contributed by atoms with E-state index in [1.165, 1.54) is 17.5 Å². The van der Waals surface area contributed by atoms with Gasteiger partial charge >= 0.3 is 0 Å². The first kappa shape index (κ1) is 16.6. The number of aromatic nitrogens is 3. The van der Waals surface area contributed by atoms with Gasteiger partial charge in [0, 0.05) is 6.20 Å². The van der Waals surface area contributed by atoms with Crippen LogP contribution in [0.4, 0.5) is 5.82 Å². The van der Waals surface area contributed by atoms with E-state index in [1.54, 1.807) is 16.8 Å². The molecule has 1 fully saturated rings. The number of aliphatic hydroxyl groups is 3. The van der Waals surface area contributed by atoms with Crippen LogP contribution in [0.1, 0.15) is 29.0 Å². The van der Waals surface area contributed by atoms with Crippen molar-refractivity contribution in [2.75, 3.05) is 5.73 Å². The molecule has 8 nitrogen and oxygen atoms in total. The van der Waals surface area contributed by atoms with Crippen molar-refractivity contribution in [3.05, 3.63) is 53.5 Å². The highest BCUT2D eigenvalue weighted by atomic mass is 16.6. The van der Waals surface area contributed by atoms with Gasteiger partial charge in [-0.15, -0.1) is 0 Å². The molecule has 1 saturated heterocycles. The molecule has 2 aromatic heterocycles. The Morgan fingerprint density at radius 2 is 1.93 bits per heavy atom. The van der Waals surface area contributed by atoms with Crippen molar-refractivity contribution in [2.45, 2.75) is 43.5 Å². The average Bonchev–Trinajstić information content (AvgIpc) is 3.19. The van der Waals surface area contributed by atoms with Crippen LogP contribution in [0.25, 0.3) is 11.0 Å². The number of ether oxygens (including phenoxy) is 1. The fourth-order valence-electron chi connectivity index (χ4n) is 3.96. The number of hydrogen-bond donors (Lipinski definition) is 4. The molecule has 0 radical (unpaired) electrons. The Balaban J connectivity index is 1.46. The third-order valence-electron chi connectivity index (χ3n) is 5.64. The average molecular weight is 368 g/mol. The second kappa shape index (κ2) is 6.00. The Morgan fingerprint density at radius 1 is 1.11 bits per heavy atom. The van der Waals surface area contributed by atoms with Crippen LogP contribution in [0, 0.1) is 0 Å². The zero-order chi connectivity index (χ0) is 18.7. The fourth-order valence-corrected chi connectivity index (χ4v) is 3.96. The number of rotatable bonds is 3. The Bertz CT molecular complexity index is 1020. The predicted molar refractivity (Wildman–Crippen MR) is 96.7 cm³/mol. The van der Waals surface area contributed by atoms with Gasteiger partial charge in [0.15, 0.2) is 6.23 Å². The van der Waals surface area contributed by atoms with Gasteiger partial charge in [-0.1, -0.05) is 18.2 Å². The normalized spacial score (nSPS) is 28.1. The SMILES string of the molecule is Nc1ncnc2c1ccn2[C@@H]1O[C@H]([C@H](O)c2ccc3c(c2)CC3)[C@@H](O)[C@H]1O. The molecule has 0 amide bonds. The lowest BCUT2D eigenvalue weighted by atomic mass is 9.85. The van der Waals surface area contributed by atoms with Crippen molar-refractivity contribution in [1.29, 1.82) is 0 Å². The summed E-state index contributed by atoms with van der Waals surface area (Å²) in [6.45, 7) is 0. The number of nitrogen functional groups attached to an aromatic ring is 1. The van der Waals surface area contributed by atoms with Crippen LogP contribution in [-0.2, 0) is 17.6 Å². The lowest BCUT2D eigenvalue weighted by Gasteiger charge is -2.25. The topological polar surface area (TPSA) is 127 Å². The molecule has 8 heteroatoms. The largest absolute Gasteiger partial charge is 0.387 e. The molecular formula is C19H20N4O4. The number of hydrogen-bond acceptors (Lipinski definition) is 7. The first-order chi connectivity index (χ1) is 13.0. The maximum Gasteiger partial charge on any atom is 0.164 e. The first-order valence-corrected chi connectivity index (χ1v) is 8.93. The van der Waals surface area contributed by atoms with E-state index < -0.39 is 30.6 Å². The van der Waals surface area contributed by atoms with E-state index in [1.807, 2.05) is 18.2 Å². The van der Waals surface area contributed by atoms with Crippen molar-refractivity contribution in [1.82, 2.24) is 14.5 Å². The molecule has 5 rings (SSSR count). The smallest absolute Gasteiger partial charge is 0.164 e. The van der Waals surface area contributed by atoms with Gasteiger partial charge in [0.05, 0.1) is 5.39 Å². The molecule has 0 unspecified atom stereocenters. The summed E-state index contributed by atoms with van der Waals surface area (Å²) in [7, 11) is 0. The molecule has 3 aromatic rings. The molecule has 2 aliphatic rings. The number of aryl methyl sites for hydroxylation is 2. The van der Waals surface area contributed by atoms with Crippen LogP contribution < -0.4 is 5.73 Å². The summed E-state index contributed by atoms with van der Waals surface area (Å²) < 4.78 is 7.50. The number of nitrogens with zero attached hydrogens (tertiary/aromatic N) is 3. The molecule has 1 aromatic carbocycles. The molecule has 1 aliphatic carbocycles. The van der Waals surface area contributed by atoms with Gasteiger partial charge in [0.2, 0.25) is 0 Å². The number of fused-ring (bicyclic) bond motifs is 2. The standard InChI is InChI=1S/C19H20N4O4/c20-17-12-5-6-23(18(12)22-8-21-17)19-15(26)14(25)16(27-19)13(24)11-4-2-9-1-3-10(9)7-11/h2,4-8,13-16,19,24-26H,1,3H2,(H2,20,21,22)/t13-,14+,15-,16-,19-/m1/s1. The molecular weight excluding hydrogens is 348 g/mol. The van der Waals surface area contributed by atoms with Gasteiger partial charge in [-0.25, -0.2) is 9.97 Å². The highest BCUT2D eigenvalue weighted by molar-refractivity contribution is 5.86. The molecule has 0 bridgehead atoms. The summed E-state index contributed by atoms with van der Waals surface area (Å²) >= 11 is 0. The monoisotopic (exact) mass is 368 g/mol. The number of benzene rings is 1. The Hall–Kier alpha value is -2.52. The minimum Gasteiger partial charge on any atom is -0.387 e. The summed E-state index contributed by atoms with van der Waals surface area (Å²) in [5.74, 6) is 0.324. The number of anilines is 1. The van der Waals surface area contributed by atoms with Crippen LogP contribution >= 0.6 is 0 Å². The first-order valence-electron chi connectivity index (χ1n) is 8.93. The maximum atomic E-state index is 10.8. The van der Waals surface area contributed by atoms with E-state index in [9.17, 15) is 15.3 Å². The zero-order valence-electron chi connectivity index (χ0n) is 14.4. The number of aliphatic hydroxyl groups excluding tert-OH is 3. The van der Waals surface area contributed by atoms with Crippen LogP contribution in [-0.4, -0.2) is 48.2 Å². The van der Waals surface area contributed by atoms with Crippen molar-refractivity contribution < 1.29 is 20.1 Å². The summed E-state index contributed by atoms with van der Waals surface area (Å²) in [4.78, 5) is 8.15. The molecule has 1 aliphatic heterocycles. The highest BCUT2D eigenvalue weighted by Crippen LogP contribution is 2.38. The van der Waals surface area contributed by atoms with Gasteiger partial charge in [0.1, 0.15) is 42.2 Å². The Morgan fingerprint density at radius 3 is 2.67 bits per heavy atom. The Kier molecular flexibility index (Phi) is 3.70. The summed E-state index contributed by atoms with van der Waals surface area (Å²) in [5.41, 5.74) is 9.52. The molecule has 5 atom stereocenters. The zero-order valence-corrected chi connectivity index (χ0v) is 14.4. The van der Waals surface area contributed by atoms with Gasteiger partial charge in [-0.2, -0.15) is 0 Å². The van der Waals surface area contributed by atoms with E-state index >= 15 is 0 Å². The minimum atomic E-state index is -1.24. The van der Waals surface area contributed by atoms with Crippen molar-refractivity contribution in [3.63, 3.8) is 0 Å². The minimum absolute atomic E-state index is 0.324. The molecule has 5 N–H and O–H groups in total. The maximum absolute atomic E-state index is 10.8. The summed E-state index contributed by atoms with van der Waals surface area (Å²) in [5, 5.41) is 32.5. The van der Waals surface area contributed by atoms with Gasteiger partial charge < -0.3 is 30.4 Å². The van der Waals surface area contributed by atoms with Crippen LogP contribution in [0.15, 0.2) is 36.8 Å². The van der Waals surface area contributed by atoms with Gasteiger partial charge in [-0.05, 0) is 35.6 Å². The molecule has 0 spiro atoms. The summed E-state index contributed by atoms with van der Waals surface area (Å²) in [6.07, 6.45) is -0.302. The molecule has 0 saturated carbocycles. The fraction of sp³-hybridized carbons (Fsp3) is 0.368. The van der Waals surface area contributed by atoms with Crippen LogP contribution in [0.3, 0.4) is 0 Å². The van der Waals surface area contributed by atoms with Crippen LogP contribution in [0.5, 0.6) is 0 Å². The third kappa shape index (κ3) is 2.45. The van der Waals surface area contributed by atoms with E-state index in [0.29, 0.717) is 22.4 Å². The van der Waals surface area contributed by atoms with Crippen LogP contribution in [0.2, 0.25) is 0 Å². The quantitative estimate of drug-likeness (QED) is 0.529. The van der Waals surface area contributed by atoms with E-state index in [0.717, 1.165) is 12.8 Å². The third-order valence-corrected chi connectivity index (χ3v) is 5.64. The van der Waals surface area contributed by atoms with Gasteiger partial charge in [-0.3, -0.25) is 0 Å². The molecule has 140 valence electrons. The predicted octanol–water partition coefficient (Wildman–Crippen LogP) is 0.465. The van der Waals surface area contributed by atoms with E-state index in [-0.39, 0.29) is 0 Å². The molecule has 3 heterocycles. The Labute approximate surface area is 154 Å².